The van der Waals surface area contributed by atoms with Crippen LogP contribution in [0.15, 0.2) is 24.3 Å². The van der Waals surface area contributed by atoms with Gasteiger partial charge in [-0.05, 0) is 60.9 Å². The van der Waals surface area contributed by atoms with E-state index < -0.39 is 6.09 Å². The molecule has 0 saturated carbocycles. The van der Waals surface area contributed by atoms with Gasteiger partial charge in [-0.2, -0.15) is 0 Å². The predicted octanol–water partition coefficient (Wildman–Crippen LogP) is 4.15. The summed E-state index contributed by atoms with van der Waals surface area (Å²) < 4.78 is 6.19. The van der Waals surface area contributed by atoms with Crippen LogP contribution in [0.3, 0.4) is 0 Å². The maximum atomic E-state index is 11.6. The van der Waals surface area contributed by atoms with Crippen LogP contribution < -0.4 is 0 Å². The molecular weight excluding hydrogens is 369 g/mol. The Balaban J connectivity index is 3.06. The second-order valence-electron chi connectivity index (χ2n) is 4.96. The van der Waals surface area contributed by atoms with Crippen LogP contribution >= 0.6 is 22.6 Å². The molecule has 0 aliphatic heterocycles. The number of amides is 1. The van der Waals surface area contributed by atoms with Crippen LogP contribution in [0, 0.1) is 3.57 Å². The zero-order valence-corrected chi connectivity index (χ0v) is 14.3. The van der Waals surface area contributed by atoms with Crippen LogP contribution in [-0.4, -0.2) is 35.9 Å². The third kappa shape index (κ3) is 4.63. The highest BCUT2D eigenvalue weighted by molar-refractivity contribution is 14.1. The number of methoxy groups -OCH3 is 1. The van der Waals surface area contributed by atoms with Crippen LogP contribution in [0.5, 0.6) is 0 Å². The van der Waals surface area contributed by atoms with Gasteiger partial charge < -0.3 is 9.84 Å². The number of ether oxygens (including phenoxy) is 1. The molecule has 1 N–H and O–H groups in total. The van der Waals surface area contributed by atoms with Gasteiger partial charge in [-0.1, -0.05) is 18.2 Å². The highest BCUT2D eigenvalue weighted by Crippen LogP contribution is 2.31. The largest absolute Gasteiger partial charge is 0.465 e. The molecule has 1 rings (SSSR count). The molecule has 0 unspecified atom stereocenters. The molecule has 1 atom stereocenters. The molecule has 0 spiro atoms. The summed E-state index contributed by atoms with van der Waals surface area (Å²) in [6.45, 7) is 4.46. The molecule has 0 bridgehead atoms. The number of halogens is 1. The second kappa shape index (κ2) is 8.46. The number of benzene rings is 1. The van der Waals surface area contributed by atoms with E-state index in [-0.39, 0.29) is 12.1 Å². The van der Waals surface area contributed by atoms with E-state index in [0.717, 1.165) is 22.0 Å². The molecule has 1 aromatic carbocycles. The summed E-state index contributed by atoms with van der Waals surface area (Å²) in [6, 6.07) is 7.77. The van der Waals surface area contributed by atoms with E-state index in [1.807, 2.05) is 38.1 Å². The first-order chi connectivity index (χ1) is 9.49. The molecule has 0 aliphatic rings. The Kier molecular flexibility index (Phi) is 7.29. The van der Waals surface area contributed by atoms with Crippen LogP contribution in [-0.2, 0) is 4.74 Å². The highest BCUT2D eigenvalue weighted by atomic mass is 127. The lowest BCUT2D eigenvalue weighted by molar-refractivity contribution is 0.0978. The summed E-state index contributed by atoms with van der Waals surface area (Å²) in [5.74, 6) is 0. The molecular formula is C15H22INO3. The van der Waals surface area contributed by atoms with Gasteiger partial charge in [0.2, 0.25) is 0 Å². The van der Waals surface area contributed by atoms with E-state index in [0.29, 0.717) is 6.61 Å². The van der Waals surface area contributed by atoms with Gasteiger partial charge in [0.05, 0.1) is 6.04 Å². The van der Waals surface area contributed by atoms with Gasteiger partial charge in [0.15, 0.2) is 0 Å². The van der Waals surface area contributed by atoms with Crippen LogP contribution in [0.25, 0.3) is 0 Å². The lowest BCUT2D eigenvalue weighted by atomic mass is 9.99. The molecule has 5 heteroatoms. The number of hydrogen-bond acceptors (Lipinski definition) is 2. The predicted molar refractivity (Wildman–Crippen MR) is 88.0 cm³/mol. The summed E-state index contributed by atoms with van der Waals surface area (Å²) >= 11 is 2.27. The SMILES string of the molecule is COCCC[C@@H](c1ccccc1I)N(C(=O)O)C(C)C. The Morgan fingerprint density at radius 3 is 2.55 bits per heavy atom. The quantitative estimate of drug-likeness (QED) is 0.561. The van der Waals surface area contributed by atoms with Crippen LogP contribution in [0.1, 0.15) is 38.3 Å². The van der Waals surface area contributed by atoms with Crippen molar-refractivity contribution in [1.29, 1.82) is 0 Å². The second-order valence-corrected chi connectivity index (χ2v) is 6.12. The minimum Gasteiger partial charge on any atom is -0.465 e. The fraction of sp³-hybridized carbons (Fsp3) is 0.533. The normalized spacial score (nSPS) is 12.4. The van der Waals surface area contributed by atoms with Crippen molar-refractivity contribution in [2.45, 2.75) is 38.8 Å². The maximum absolute atomic E-state index is 11.6. The molecule has 1 amide bonds. The summed E-state index contributed by atoms with van der Waals surface area (Å²) in [6.07, 6.45) is 0.725. The molecule has 0 aliphatic carbocycles. The third-order valence-electron chi connectivity index (χ3n) is 3.20. The fourth-order valence-electron chi connectivity index (χ4n) is 2.32. The molecule has 0 aromatic heterocycles. The van der Waals surface area contributed by atoms with E-state index in [4.69, 9.17) is 4.74 Å². The Bertz CT molecular complexity index is 437. The van der Waals surface area contributed by atoms with Gasteiger partial charge in [0.1, 0.15) is 0 Å². The summed E-state index contributed by atoms with van der Waals surface area (Å²) in [5, 5.41) is 9.52. The Hall–Kier alpha value is -0.820. The smallest absolute Gasteiger partial charge is 0.408 e. The standard InChI is InChI=1S/C15H22INO3/c1-11(2)17(15(18)19)14(9-6-10-20-3)12-7-4-5-8-13(12)16/h4-5,7-8,11,14H,6,9-10H2,1-3H3,(H,18,19)/t14-/m0/s1. The van der Waals surface area contributed by atoms with Gasteiger partial charge in [-0.25, -0.2) is 4.79 Å². The number of hydrogen-bond donors (Lipinski definition) is 1. The van der Waals surface area contributed by atoms with Crippen molar-refractivity contribution in [2.24, 2.45) is 0 Å². The van der Waals surface area contributed by atoms with Crippen molar-refractivity contribution in [1.82, 2.24) is 4.90 Å². The third-order valence-corrected chi connectivity index (χ3v) is 4.19. The monoisotopic (exact) mass is 391 g/mol. The maximum Gasteiger partial charge on any atom is 0.408 e. The Morgan fingerprint density at radius 1 is 1.40 bits per heavy atom. The van der Waals surface area contributed by atoms with Gasteiger partial charge >= 0.3 is 6.09 Å². The average Bonchev–Trinajstić information content (AvgIpc) is 2.37. The minimum atomic E-state index is -0.873. The van der Waals surface area contributed by atoms with Crippen molar-refractivity contribution in [2.75, 3.05) is 13.7 Å². The van der Waals surface area contributed by atoms with E-state index >= 15 is 0 Å². The first kappa shape index (κ1) is 17.2. The molecule has 0 saturated heterocycles. The van der Waals surface area contributed by atoms with Crippen molar-refractivity contribution in [3.63, 3.8) is 0 Å². The number of rotatable bonds is 7. The first-order valence-corrected chi connectivity index (χ1v) is 7.81. The van der Waals surface area contributed by atoms with Crippen molar-refractivity contribution in [3.05, 3.63) is 33.4 Å². The zero-order valence-electron chi connectivity index (χ0n) is 12.2. The molecule has 112 valence electrons. The summed E-state index contributed by atoms with van der Waals surface area (Å²) in [7, 11) is 1.67. The summed E-state index contributed by atoms with van der Waals surface area (Å²) in [5.41, 5.74) is 1.07. The Morgan fingerprint density at radius 2 is 2.05 bits per heavy atom. The lowest BCUT2D eigenvalue weighted by Gasteiger charge is -2.33. The molecule has 4 nitrogen and oxygen atoms in total. The number of carboxylic acid groups (broad SMARTS) is 1. The molecule has 20 heavy (non-hydrogen) atoms. The van der Waals surface area contributed by atoms with E-state index in [9.17, 15) is 9.90 Å². The van der Waals surface area contributed by atoms with E-state index in [1.165, 1.54) is 4.90 Å². The van der Waals surface area contributed by atoms with Gasteiger partial charge in [0, 0.05) is 23.3 Å². The average molecular weight is 391 g/mol. The van der Waals surface area contributed by atoms with Crippen LogP contribution in [0.4, 0.5) is 4.79 Å². The van der Waals surface area contributed by atoms with Crippen molar-refractivity contribution in [3.8, 4) is 0 Å². The highest BCUT2D eigenvalue weighted by Gasteiger charge is 2.28. The fourth-order valence-corrected chi connectivity index (χ4v) is 3.07. The van der Waals surface area contributed by atoms with E-state index in [2.05, 4.69) is 22.6 Å². The van der Waals surface area contributed by atoms with Gasteiger partial charge in [0.25, 0.3) is 0 Å². The first-order valence-electron chi connectivity index (χ1n) is 6.73. The van der Waals surface area contributed by atoms with Gasteiger partial charge in [-0.15, -0.1) is 0 Å². The topological polar surface area (TPSA) is 49.8 Å². The number of nitrogens with zero attached hydrogens (tertiary/aromatic N) is 1. The van der Waals surface area contributed by atoms with Gasteiger partial charge in [-0.3, -0.25) is 4.90 Å². The van der Waals surface area contributed by atoms with Crippen LogP contribution in [0.2, 0.25) is 0 Å². The summed E-state index contributed by atoms with van der Waals surface area (Å²) in [4.78, 5) is 13.1. The molecule has 1 aromatic rings. The van der Waals surface area contributed by atoms with Crippen molar-refractivity contribution < 1.29 is 14.6 Å². The molecule has 0 fully saturated rings. The minimum absolute atomic E-state index is 0.0592. The molecule has 0 radical (unpaired) electrons. The Labute approximate surface area is 134 Å². The molecule has 0 heterocycles. The zero-order chi connectivity index (χ0) is 15.1. The van der Waals surface area contributed by atoms with Crippen molar-refractivity contribution >= 4 is 28.7 Å². The number of carbonyl (C=O) groups is 1. The van der Waals surface area contributed by atoms with E-state index in [1.54, 1.807) is 7.11 Å². The lowest BCUT2D eigenvalue weighted by Crippen LogP contribution is -2.39.